The Kier molecular flexibility index (Phi) is 6.49. The average Bonchev–Trinajstić information content (AvgIpc) is 3.14. The van der Waals surface area contributed by atoms with Crippen molar-refractivity contribution >= 4 is 38.5 Å². The number of thiazole rings is 1. The average molecular weight is 464 g/mol. The number of nitrogens with one attached hydrogen (secondary N) is 1. The topological polar surface area (TPSA) is 102 Å². The summed E-state index contributed by atoms with van der Waals surface area (Å²) in [5, 5.41) is 21.6. The molecule has 0 radical (unpaired) electrons. The van der Waals surface area contributed by atoms with Crippen LogP contribution in [0.3, 0.4) is 0 Å². The Morgan fingerprint density at radius 3 is 2.88 bits per heavy atom. The van der Waals surface area contributed by atoms with Gasteiger partial charge in [0.25, 0.3) is 0 Å². The number of aliphatic hydroxyl groups excluding tert-OH is 2. The van der Waals surface area contributed by atoms with E-state index in [-0.39, 0.29) is 30.1 Å². The summed E-state index contributed by atoms with van der Waals surface area (Å²) in [5.41, 5.74) is 1.11. The second-order valence-corrected chi connectivity index (χ2v) is 8.77. The Labute approximate surface area is 187 Å². The minimum Gasteiger partial charge on any atom is -0.394 e. The van der Waals surface area contributed by atoms with Gasteiger partial charge in [-0.2, -0.15) is 0 Å². The fourth-order valence-electron chi connectivity index (χ4n) is 3.72. The molecule has 1 saturated heterocycles. The number of piperazine rings is 1. The zero-order valence-corrected chi connectivity index (χ0v) is 18.1. The van der Waals surface area contributed by atoms with Gasteiger partial charge in [0.15, 0.2) is 16.8 Å². The van der Waals surface area contributed by atoms with Gasteiger partial charge in [-0.3, -0.25) is 5.32 Å². The highest BCUT2D eigenvalue weighted by Gasteiger charge is 2.30. The van der Waals surface area contributed by atoms with Crippen LogP contribution < -0.4 is 10.2 Å². The van der Waals surface area contributed by atoms with Gasteiger partial charge < -0.3 is 20.0 Å². The predicted molar refractivity (Wildman–Crippen MR) is 118 cm³/mol. The molecule has 1 aromatic carbocycles. The van der Waals surface area contributed by atoms with Crippen molar-refractivity contribution in [2.24, 2.45) is 0 Å². The van der Waals surface area contributed by atoms with Gasteiger partial charge in [0.2, 0.25) is 0 Å². The molecule has 3 heterocycles. The van der Waals surface area contributed by atoms with Crippen LogP contribution in [0.1, 0.15) is 12.5 Å². The fraction of sp³-hybridized carbons (Fsp3) is 0.381. The minimum absolute atomic E-state index is 0.115. The van der Waals surface area contributed by atoms with E-state index in [1.807, 2.05) is 6.92 Å². The van der Waals surface area contributed by atoms with Crippen LogP contribution in [0.15, 0.2) is 30.5 Å². The SMILES string of the molecule is CC1CN(c2ncc(CC(O)CO)cc2F)CCN1C(=O)Nc1nc2ccc(F)cc2s1. The molecule has 0 saturated carbocycles. The van der Waals surface area contributed by atoms with Crippen molar-refractivity contribution in [1.29, 1.82) is 0 Å². The van der Waals surface area contributed by atoms with Crippen molar-refractivity contribution in [3.63, 3.8) is 0 Å². The maximum atomic E-state index is 14.6. The number of amides is 2. The highest BCUT2D eigenvalue weighted by atomic mass is 32.1. The summed E-state index contributed by atoms with van der Waals surface area (Å²) in [4.78, 5) is 24.7. The van der Waals surface area contributed by atoms with Gasteiger partial charge in [0.1, 0.15) is 5.82 Å². The molecule has 2 unspecified atom stereocenters. The number of rotatable bonds is 5. The molecule has 32 heavy (non-hydrogen) atoms. The first-order valence-electron chi connectivity index (χ1n) is 10.2. The van der Waals surface area contributed by atoms with Gasteiger partial charge in [-0.15, -0.1) is 0 Å². The largest absolute Gasteiger partial charge is 0.394 e. The van der Waals surface area contributed by atoms with Crippen molar-refractivity contribution in [2.75, 3.05) is 36.5 Å². The van der Waals surface area contributed by atoms with Crippen LogP contribution in [0, 0.1) is 11.6 Å². The van der Waals surface area contributed by atoms with Crippen molar-refractivity contribution in [3.05, 3.63) is 47.7 Å². The number of carbonyl (C=O) groups is 1. The molecular formula is C21H23F2N5O3S. The Morgan fingerprint density at radius 1 is 1.34 bits per heavy atom. The zero-order chi connectivity index (χ0) is 22.8. The van der Waals surface area contributed by atoms with Gasteiger partial charge in [-0.05, 0) is 36.8 Å². The number of benzene rings is 1. The number of hydrogen-bond acceptors (Lipinski definition) is 7. The highest BCUT2D eigenvalue weighted by Crippen LogP contribution is 2.27. The summed E-state index contributed by atoms with van der Waals surface area (Å²) < 4.78 is 28.6. The van der Waals surface area contributed by atoms with Gasteiger partial charge >= 0.3 is 6.03 Å². The molecular weight excluding hydrogens is 440 g/mol. The highest BCUT2D eigenvalue weighted by molar-refractivity contribution is 7.22. The van der Waals surface area contributed by atoms with Gasteiger partial charge in [0, 0.05) is 38.3 Å². The minimum atomic E-state index is -0.960. The molecule has 4 rings (SSSR count). The van der Waals surface area contributed by atoms with Crippen molar-refractivity contribution in [3.8, 4) is 0 Å². The molecule has 2 amide bonds. The van der Waals surface area contributed by atoms with Crippen molar-refractivity contribution in [2.45, 2.75) is 25.5 Å². The van der Waals surface area contributed by atoms with E-state index in [0.29, 0.717) is 40.5 Å². The summed E-state index contributed by atoms with van der Waals surface area (Å²) in [5.74, 6) is -0.686. The summed E-state index contributed by atoms with van der Waals surface area (Å²) in [6.45, 7) is 2.60. The molecule has 1 aliphatic rings. The van der Waals surface area contributed by atoms with E-state index >= 15 is 0 Å². The van der Waals surface area contributed by atoms with Crippen LogP contribution in [0.25, 0.3) is 10.2 Å². The van der Waals surface area contributed by atoms with E-state index in [4.69, 9.17) is 5.11 Å². The molecule has 3 aromatic rings. The Hall–Kier alpha value is -2.89. The molecule has 1 fully saturated rings. The molecule has 8 nitrogen and oxygen atoms in total. The van der Waals surface area contributed by atoms with E-state index in [9.17, 15) is 18.7 Å². The van der Waals surface area contributed by atoms with Crippen LogP contribution in [-0.4, -0.2) is 69.5 Å². The summed E-state index contributed by atoms with van der Waals surface area (Å²) in [6.07, 6.45) is 0.638. The quantitative estimate of drug-likeness (QED) is 0.538. The fourth-order valence-corrected chi connectivity index (χ4v) is 4.60. The summed E-state index contributed by atoms with van der Waals surface area (Å²) in [7, 11) is 0. The Morgan fingerprint density at radius 2 is 2.16 bits per heavy atom. The predicted octanol–water partition coefficient (Wildman–Crippen LogP) is 2.61. The number of aliphatic hydroxyl groups is 2. The third kappa shape index (κ3) is 4.79. The van der Waals surface area contributed by atoms with Crippen LogP contribution >= 0.6 is 11.3 Å². The number of hydrogen-bond donors (Lipinski definition) is 3. The summed E-state index contributed by atoms with van der Waals surface area (Å²) in [6, 6.07) is 5.03. The normalized spacial score (nSPS) is 17.6. The Balaban J connectivity index is 1.39. The van der Waals surface area contributed by atoms with Gasteiger partial charge in [-0.1, -0.05) is 11.3 Å². The number of halogens is 2. The van der Waals surface area contributed by atoms with E-state index < -0.39 is 18.5 Å². The molecule has 0 aliphatic carbocycles. The smallest absolute Gasteiger partial charge is 0.324 e. The monoisotopic (exact) mass is 463 g/mol. The molecule has 2 atom stereocenters. The second kappa shape index (κ2) is 9.31. The maximum Gasteiger partial charge on any atom is 0.324 e. The van der Waals surface area contributed by atoms with E-state index in [1.165, 1.54) is 35.7 Å². The third-order valence-electron chi connectivity index (χ3n) is 5.31. The van der Waals surface area contributed by atoms with Crippen molar-refractivity contribution in [1.82, 2.24) is 14.9 Å². The van der Waals surface area contributed by atoms with Crippen LogP contribution in [0.2, 0.25) is 0 Å². The Bertz CT molecular complexity index is 1130. The standard InChI is InChI=1S/C21H23F2N5O3S/c1-12-10-27(19-16(23)7-13(9-24-19)6-15(30)11-29)4-5-28(12)21(31)26-20-25-17-3-2-14(22)8-18(17)32-20/h2-3,7-9,12,15,29-30H,4-6,10-11H2,1H3,(H,25,26,31). The first-order chi connectivity index (χ1) is 15.3. The number of fused-ring (bicyclic) bond motifs is 1. The molecule has 0 bridgehead atoms. The molecule has 2 aromatic heterocycles. The number of carbonyl (C=O) groups excluding carboxylic acids is 1. The van der Waals surface area contributed by atoms with E-state index in [1.54, 1.807) is 15.9 Å². The lowest BCUT2D eigenvalue weighted by Gasteiger charge is -2.40. The second-order valence-electron chi connectivity index (χ2n) is 7.74. The van der Waals surface area contributed by atoms with E-state index in [0.717, 1.165) is 0 Å². The summed E-state index contributed by atoms with van der Waals surface area (Å²) >= 11 is 1.20. The molecule has 1 aliphatic heterocycles. The lowest BCUT2D eigenvalue weighted by molar-refractivity contribution is 0.0954. The first-order valence-corrected chi connectivity index (χ1v) is 11.0. The number of nitrogens with zero attached hydrogens (tertiary/aromatic N) is 4. The van der Waals surface area contributed by atoms with Crippen molar-refractivity contribution < 1.29 is 23.8 Å². The molecule has 11 heteroatoms. The van der Waals surface area contributed by atoms with Gasteiger partial charge in [-0.25, -0.2) is 23.5 Å². The zero-order valence-electron chi connectivity index (χ0n) is 17.3. The van der Waals surface area contributed by atoms with Crippen LogP contribution in [0.5, 0.6) is 0 Å². The van der Waals surface area contributed by atoms with Crippen LogP contribution in [-0.2, 0) is 6.42 Å². The first kappa shape index (κ1) is 22.3. The lowest BCUT2D eigenvalue weighted by Crippen LogP contribution is -2.55. The lowest BCUT2D eigenvalue weighted by atomic mass is 10.1. The molecule has 3 N–H and O–H groups in total. The number of anilines is 2. The number of pyridine rings is 1. The third-order valence-corrected chi connectivity index (χ3v) is 6.25. The number of aromatic nitrogens is 2. The maximum absolute atomic E-state index is 14.6. The van der Waals surface area contributed by atoms with E-state index in [2.05, 4.69) is 15.3 Å². The van der Waals surface area contributed by atoms with Gasteiger partial charge in [0.05, 0.1) is 22.9 Å². The molecule has 0 spiro atoms. The number of urea groups is 1. The van der Waals surface area contributed by atoms with Crippen LogP contribution in [0.4, 0.5) is 24.5 Å². The molecule has 170 valence electrons.